The molecule has 1 heterocycles. The van der Waals surface area contributed by atoms with Crippen LogP contribution in [0.25, 0.3) is 0 Å². The summed E-state index contributed by atoms with van der Waals surface area (Å²) in [4.78, 5) is 4.13. The lowest BCUT2D eigenvalue weighted by Gasteiger charge is -2.24. The molecule has 82 valence electrons. The fraction of sp³-hybridized carbons (Fsp3) is 0.364. The minimum Gasteiger partial charge on any atom is -0.389 e. The molecule has 0 aliphatic heterocycles. The van der Waals surface area contributed by atoms with E-state index in [2.05, 4.69) is 18.1 Å². The topological polar surface area (TPSA) is 59.1 Å². The molecule has 0 amide bonds. The summed E-state index contributed by atoms with van der Waals surface area (Å²) in [6.45, 7) is 7.28. The largest absolute Gasteiger partial charge is 0.389 e. The maximum Gasteiger partial charge on any atom is 0.180 e. The Morgan fingerprint density at radius 2 is 2.07 bits per heavy atom. The van der Waals surface area contributed by atoms with Crippen molar-refractivity contribution in [2.24, 2.45) is 0 Å². The lowest BCUT2D eigenvalue weighted by atomic mass is 9.90. The van der Waals surface area contributed by atoms with Crippen molar-refractivity contribution in [1.82, 2.24) is 4.98 Å². The number of rotatable bonds is 6. The maximum atomic E-state index is 10.3. The normalized spacial score (nSPS) is 11.3. The molecule has 0 fully saturated rings. The lowest BCUT2D eigenvalue weighted by molar-refractivity contribution is 0.0460. The highest BCUT2D eigenvalue weighted by Crippen LogP contribution is 2.23. The minimum atomic E-state index is -0.829. The first kappa shape index (κ1) is 11.9. The van der Waals surface area contributed by atoms with Crippen molar-refractivity contribution in [3.63, 3.8) is 0 Å². The Morgan fingerprint density at radius 3 is 2.47 bits per heavy atom. The predicted octanol–water partition coefficient (Wildman–Crippen LogP) is 2.15. The van der Waals surface area contributed by atoms with Crippen molar-refractivity contribution in [1.29, 1.82) is 0 Å². The molecular weight excluding hydrogens is 208 g/mol. The highest BCUT2D eigenvalue weighted by Gasteiger charge is 2.25. The van der Waals surface area contributed by atoms with Crippen molar-refractivity contribution in [3.8, 4) is 0 Å². The molecule has 0 aliphatic rings. The van der Waals surface area contributed by atoms with Gasteiger partial charge in [-0.2, -0.15) is 0 Å². The summed E-state index contributed by atoms with van der Waals surface area (Å²) in [7, 11) is 0. The maximum absolute atomic E-state index is 10.3. The zero-order valence-corrected chi connectivity index (χ0v) is 9.46. The Labute approximate surface area is 94.0 Å². The monoisotopic (exact) mass is 224 g/mol. The molecule has 0 spiro atoms. The molecule has 0 atom stereocenters. The number of aromatic nitrogens is 1. The van der Waals surface area contributed by atoms with Crippen LogP contribution in [0.2, 0.25) is 0 Å². The second kappa shape index (κ2) is 5.09. The van der Waals surface area contributed by atoms with E-state index in [4.69, 9.17) is 5.73 Å². The highest BCUT2D eigenvalue weighted by molar-refractivity contribution is 7.13. The van der Waals surface area contributed by atoms with E-state index >= 15 is 0 Å². The van der Waals surface area contributed by atoms with Gasteiger partial charge in [-0.1, -0.05) is 12.2 Å². The van der Waals surface area contributed by atoms with E-state index in [0.29, 0.717) is 24.4 Å². The Morgan fingerprint density at radius 1 is 1.47 bits per heavy atom. The number of nitrogens with two attached hydrogens (primary N) is 1. The molecule has 0 radical (unpaired) electrons. The van der Waals surface area contributed by atoms with Gasteiger partial charge in [-0.25, -0.2) is 4.98 Å². The first-order valence-electron chi connectivity index (χ1n) is 4.74. The van der Waals surface area contributed by atoms with Gasteiger partial charge in [0.15, 0.2) is 5.13 Å². The fourth-order valence-corrected chi connectivity index (χ4v) is 2.07. The average Bonchev–Trinajstić information content (AvgIpc) is 2.51. The van der Waals surface area contributed by atoms with Gasteiger partial charge >= 0.3 is 0 Å². The van der Waals surface area contributed by atoms with Gasteiger partial charge in [-0.05, 0) is 12.8 Å². The molecule has 1 aromatic rings. The van der Waals surface area contributed by atoms with Crippen molar-refractivity contribution in [3.05, 3.63) is 36.4 Å². The van der Waals surface area contributed by atoms with Crippen LogP contribution in [0.5, 0.6) is 0 Å². The van der Waals surface area contributed by atoms with E-state index in [1.807, 2.05) is 5.38 Å². The summed E-state index contributed by atoms with van der Waals surface area (Å²) < 4.78 is 0. The number of hydrogen-bond acceptors (Lipinski definition) is 4. The van der Waals surface area contributed by atoms with Gasteiger partial charge in [-0.15, -0.1) is 24.5 Å². The molecule has 0 saturated heterocycles. The van der Waals surface area contributed by atoms with Crippen molar-refractivity contribution in [2.75, 3.05) is 5.73 Å². The Balaban J connectivity index is 2.73. The molecule has 1 aromatic heterocycles. The van der Waals surface area contributed by atoms with E-state index in [0.717, 1.165) is 5.69 Å². The van der Waals surface area contributed by atoms with Crippen LogP contribution in [0.1, 0.15) is 18.5 Å². The lowest BCUT2D eigenvalue weighted by Crippen LogP contribution is -2.30. The number of hydrogen-bond donors (Lipinski definition) is 2. The third-order valence-electron chi connectivity index (χ3n) is 2.13. The van der Waals surface area contributed by atoms with Crippen LogP contribution in [0.3, 0.4) is 0 Å². The van der Waals surface area contributed by atoms with E-state index < -0.39 is 5.60 Å². The van der Waals surface area contributed by atoms with Crippen molar-refractivity contribution in [2.45, 2.75) is 24.9 Å². The van der Waals surface area contributed by atoms with Crippen molar-refractivity contribution < 1.29 is 5.11 Å². The van der Waals surface area contributed by atoms with Crippen LogP contribution in [0, 0.1) is 0 Å². The van der Waals surface area contributed by atoms with E-state index in [-0.39, 0.29) is 0 Å². The summed E-state index contributed by atoms with van der Waals surface area (Å²) in [6.07, 6.45) is 4.95. The van der Waals surface area contributed by atoms with E-state index in [9.17, 15) is 5.11 Å². The van der Waals surface area contributed by atoms with E-state index in [1.54, 1.807) is 12.2 Å². The van der Waals surface area contributed by atoms with Crippen LogP contribution < -0.4 is 5.73 Å². The highest BCUT2D eigenvalue weighted by atomic mass is 32.1. The molecule has 0 saturated carbocycles. The standard InChI is InChI=1S/C11H16N2OS/c1-3-5-11(14,6-4-2)7-9-8-15-10(12)13-9/h3-4,8,14H,1-2,5-7H2,(H2,12,13). The third kappa shape index (κ3) is 3.49. The second-order valence-electron chi connectivity index (χ2n) is 3.56. The average molecular weight is 224 g/mol. The zero-order valence-electron chi connectivity index (χ0n) is 8.65. The van der Waals surface area contributed by atoms with Gasteiger partial charge in [-0.3, -0.25) is 0 Å². The zero-order chi connectivity index (χ0) is 11.3. The molecule has 1 rings (SSSR count). The molecular formula is C11H16N2OS. The van der Waals surface area contributed by atoms with Gasteiger partial charge in [0.05, 0.1) is 11.3 Å². The number of nitrogen functional groups attached to an aromatic ring is 1. The Hall–Kier alpha value is -1.13. The first-order chi connectivity index (χ1) is 7.09. The van der Waals surface area contributed by atoms with Gasteiger partial charge in [0.25, 0.3) is 0 Å². The van der Waals surface area contributed by atoms with Crippen LogP contribution in [-0.4, -0.2) is 15.7 Å². The second-order valence-corrected chi connectivity index (χ2v) is 4.45. The summed E-state index contributed by atoms with van der Waals surface area (Å²) >= 11 is 1.39. The van der Waals surface area contributed by atoms with Gasteiger partial charge in [0.1, 0.15) is 0 Å². The Kier molecular flexibility index (Phi) is 4.05. The molecule has 4 heteroatoms. The number of aliphatic hydroxyl groups is 1. The van der Waals surface area contributed by atoms with Crippen LogP contribution >= 0.6 is 11.3 Å². The van der Waals surface area contributed by atoms with Crippen LogP contribution in [0.4, 0.5) is 5.13 Å². The molecule has 15 heavy (non-hydrogen) atoms. The molecule has 3 nitrogen and oxygen atoms in total. The minimum absolute atomic E-state index is 0.485. The van der Waals surface area contributed by atoms with Crippen LogP contribution in [-0.2, 0) is 6.42 Å². The summed E-state index contributed by atoms with van der Waals surface area (Å²) in [5.41, 5.74) is 5.52. The summed E-state index contributed by atoms with van der Waals surface area (Å²) in [6, 6.07) is 0. The molecule has 0 aliphatic carbocycles. The molecule has 0 aromatic carbocycles. The van der Waals surface area contributed by atoms with Gasteiger partial charge in [0, 0.05) is 11.8 Å². The summed E-state index contributed by atoms with van der Waals surface area (Å²) in [5.74, 6) is 0. The quantitative estimate of drug-likeness (QED) is 0.728. The van der Waals surface area contributed by atoms with Crippen LogP contribution in [0.15, 0.2) is 30.7 Å². The van der Waals surface area contributed by atoms with Gasteiger partial charge in [0.2, 0.25) is 0 Å². The molecule has 3 N–H and O–H groups in total. The predicted molar refractivity (Wildman–Crippen MR) is 64.8 cm³/mol. The van der Waals surface area contributed by atoms with Gasteiger partial charge < -0.3 is 10.8 Å². The smallest absolute Gasteiger partial charge is 0.180 e. The number of thiazole rings is 1. The van der Waals surface area contributed by atoms with Crippen molar-refractivity contribution >= 4 is 16.5 Å². The first-order valence-corrected chi connectivity index (χ1v) is 5.61. The number of nitrogens with zero attached hydrogens (tertiary/aromatic N) is 1. The summed E-state index contributed by atoms with van der Waals surface area (Å²) in [5, 5.41) is 12.7. The molecule has 0 bridgehead atoms. The fourth-order valence-electron chi connectivity index (χ4n) is 1.51. The SMILES string of the molecule is C=CCC(O)(CC=C)Cc1csc(N)n1. The number of anilines is 1. The molecule has 0 unspecified atom stereocenters. The third-order valence-corrected chi connectivity index (χ3v) is 2.85. The Bertz CT molecular complexity index is 336. The van der Waals surface area contributed by atoms with E-state index in [1.165, 1.54) is 11.3 Å².